The molecule has 4 rings (SSSR count). The van der Waals surface area contributed by atoms with Crippen molar-refractivity contribution in [3.63, 3.8) is 0 Å². The maximum Gasteiger partial charge on any atom is 0.337 e. The molecular formula is C17H14BrN3O2S. The summed E-state index contributed by atoms with van der Waals surface area (Å²) < 4.78 is 0.728. The Bertz CT molecular complexity index is 954. The van der Waals surface area contributed by atoms with Crippen LogP contribution in [0, 0.1) is 0 Å². The molecule has 0 atom stereocenters. The lowest BCUT2D eigenvalue weighted by Crippen LogP contribution is -2.05. The van der Waals surface area contributed by atoms with E-state index in [1.807, 2.05) is 6.07 Å². The number of nitrogens with zero attached hydrogens (tertiary/aromatic N) is 2. The Morgan fingerprint density at radius 3 is 2.92 bits per heavy atom. The first-order valence-corrected chi connectivity index (χ1v) is 9.29. The van der Waals surface area contributed by atoms with Crippen LogP contribution in [0.5, 0.6) is 0 Å². The number of hydrogen-bond donors (Lipinski definition) is 2. The molecule has 1 aliphatic carbocycles. The molecular weight excluding hydrogens is 390 g/mol. The number of anilines is 2. The Kier molecular flexibility index (Phi) is 3.97. The quantitative estimate of drug-likeness (QED) is 0.658. The van der Waals surface area contributed by atoms with Gasteiger partial charge in [-0.1, -0.05) is 15.9 Å². The van der Waals surface area contributed by atoms with Crippen LogP contribution in [0.25, 0.3) is 10.2 Å². The topological polar surface area (TPSA) is 75.1 Å². The molecule has 0 bridgehead atoms. The molecule has 2 aromatic heterocycles. The summed E-state index contributed by atoms with van der Waals surface area (Å²) in [6.07, 6.45) is 6.04. The summed E-state index contributed by atoms with van der Waals surface area (Å²) in [5.74, 6) is -0.291. The largest absolute Gasteiger partial charge is 0.478 e. The van der Waals surface area contributed by atoms with Gasteiger partial charge in [0.05, 0.1) is 16.6 Å². The molecule has 1 aliphatic rings. The fourth-order valence-corrected chi connectivity index (χ4v) is 4.70. The van der Waals surface area contributed by atoms with E-state index in [0.717, 1.165) is 27.5 Å². The number of aromatic carboxylic acids is 1. The number of fused-ring (bicyclic) bond motifs is 3. The van der Waals surface area contributed by atoms with Gasteiger partial charge in [0.15, 0.2) is 0 Å². The van der Waals surface area contributed by atoms with Gasteiger partial charge < -0.3 is 10.4 Å². The molecule has 0 saturated carbocycles. The third-order valence-corrected chi connectivity index (χ3v) is 5.91. The number of carbonyl (C=O) groups is 1. The number of aryl methyl sites for hydroxylation is 2. The molecule has 0 aliphatic heterocycles. The van der Waals surface area contributed by atoms with Gasteiger partial charge in [0.1, 0.15) is 17.0 Å². The Hall–Kier alpha value is -1.99. The molecule has 1 aromatic carbocycles. The van der Waals surface area contributed by atoms with E-state index in [4.69, 9.17) is 0 Å². The first-order chi connectivity index (χ1) is 11.6. The van der Waals surface area contributed by atoms with E-state index >= 15 is 0 Å². The molecule has 0 radical (unpaired) electrons. The Labute approximate surface area is 150 Å². The average Bonchev–Trinajstić information content (AvgIpc) is 2.95. The van der Waals surface area contributed by atoms with E-state index in [0.29, 0.717) is 11.5 Å². The lowest BCUT2D eigenvalue weighted by atomic mass is 9.97. The predicted octanol–water partition coefficient (Wildman–Crippen LogP) is 4.77. The van der Waals surface area contributed by atoms with E-state index in [1.54, 1.807) is 23.5 Å². The van der Waals surface area contributed by atoms with E-state index in [-0.39, 0.29) is 5.56 Å². The molecule has 0 unspecified atom stereocenters. The van der Waals surface area contributed by atoms with E-state index in [2.05, 4.69) is 31.2 Å². The summed E-state index contributed by atoms with van der Waals surface area (Å²) in [4.78, 5) is 22.7. The monoisotopic (exact) mass is 403 g/mol. The second-order valence-corrected chi connectivity index (χ2v) is 7.73. The molecule has 0 saturated heterocycles. The summed E-state index contributed by atoms with van der Waals surface area (Å²) >= 11 is 5.04. The first kappa shape index (κ1) is 15.5. The van der Waals surface area contributed by atoms with Crippen molar-refractivity contribution in [3.05, 3.63) is 45.0 Å². The number of benzene rings is 1. The second-order valence-electron chi connectivity index (χ2n) is 5.73. The highest BCUT2D eigenvalue weighted by molar-refractivity contribution is 9.10. The zero-order chi connectivity index (χ0) is 16.7. The fraction of sp³-hybridized carbons (Fsp3) is 0.235. The van der Waals surface area contributed by atoms with Crippen molar-refractivity contribution in [3.8, 4) is 0 Å². The minimum absolute atomic E-state index is 0.209. The number of halogens is 1. The molecule has 0 amide bonds. The Morgan fingerprint density at radius 2 is 2.08 bits per heavy atom. The van der Waals surface area contributed by atoms with Gasteiger partial charge in [-0.2, -0.15) is 0 Å². The van der Waals surface area contributed by atoms with Gasteiger partial charge in [-0.05, 0) is 49.4 Å². The first-order valence-electron chi connectivity index (χ1n) is 7.68. The van der Waals surface area contributed by atoms with Crippen LogP contribution in [0.1, 0.15) is 33.6 Å². The lowest BCUT2D eigenvalue weighted by Gasteiger charge is -2.13. The number of rotatable bonds is 3. The van der Waals surface area contributed by atoms with Crippen LogP contribution >= 0.6 is 27.3 Å². The van der Waals surface area contributed by atoms with Crippen LogP contribution in [0.4, 0.5) is 11.5 Å². The molecule has 24 heavy (non-hydrogen) atoms. The van der Waals surface area contributed by atoms with E-state index < -0.39 is 5.97 Å². The number of carboxylic acids is 1. The van der Waals surface area contributed by atoms with Gasteiger partial charge in [0, 0.05) is 9.35 Å². The van der Waals surface area contributed by atoms with Crippen LogP contribution in [0.3, 0.4) is 0 Å². The van der Waals surface area contributed by atoms with Gasteiger partial charge in [0.25, 0.3) is 0 Å². The predicted molar refractivity (Wildman–Crippen MR) is 98.4 cm³/mol. The van der Waals surface area contributed by atoms with Crippen molar-refractivity contribution < 1.29 is 9.90 Å². The highest BCUT2D eigenvalue weighted by atomic mass is 79.9. The summed E-state index contributed by atoms with van der Waals surface area (Å²) in [7, 11) is 0. The summed E-state index contributed by atoms with van der Waals surface area (Å²) in [5, 5.41) is 13.7. The van der Waals surface area contributed by atoms with Crippen LogP contribution in [-0.4, -0.2) is 21.0 Å². The smallest absolute Gasteiger partial charge is 0.337 e. The molecule has 7 heteroatoms. The van der Waals surface area contributed by atoms with Crippen LogP contribution in [0.2, 0.25) is 0 Å². The zero-order valence-corrected chi connectivity index (χ0v) is 15.1. The minimum atomic E-state index is -0.976. The lowest BCUT2D eigenvalue weighted by molar-refractivity contribution is 0.0698. The fourth-order valence-electron chi connectivity index (χ4n) is 3.11. The minimum Gasteiger partial charge on any atom is -0.478 e. The molecule has 2 heterocycles. The summed E-state index contributed by atoms with van der Waals surface area (Å²) in [6, 6.07) is 5.16. The van der Waals surface area contributed by atoms with E-state index in [9.17, 15) is 9.90 Å². The van der Waals surface area contributed by atoms with Crippen LogP contribution < -0.4 is 5.32 Å². The number of aromatic nitrogens is 2. The van der Waals surface area contributed by atoms with Crippen molar-refractivity contribution >= 4 is 55.0 Å². The second kappa shape index (κ2) is 6.14. The van der Waals surface area contributed by atoms with Crippen molar-refractivity contribution in [2.75, 3.05) is 5.32 Å². The number of hydrogen-bond acceptors (Lipinski definition) is 5. The van der Waals surface area contributed by atoms with Gasteiger partial charge >= 0.3 is 5.97 Å². The molecule has 5 nitrogen and oxygen atoms in total. The number of carboxylic acid groups (broad SMARTS) is 1. The standard InChI is InChI=1S/C17H14BrN3O2S/c18-9-5-6-12(11(7-9)17(22)23)21-15-14-10-3-1-2-4-13(10)24-16(14)20-8-19-15/h5-8H,1-4H2,(H,22,23)(H,19,20,21). The van der Waals surface area contributed by atoms with Crippen molar-refractivity contribution in [1.82, 2.24) is 9.97 Å². The average molecular weight is 404 g/mol. The molecule has 0 spiro atoms. The van der Waals surface area contributed by atoms with Gasteiger partial charge in [-0.3, -0.25) is 0 Å². The maximum absolute atomic E-state index is 11.5. The normalized spacial score (nSPS) is 13.7. The number of nitrogens with one attached hydrogen (secondary N) is 1. The third kappa shape index (κ3) is 2.67. The highest BCUT2D eigenvalue weighted by Crippen LogP contribution is 2.39. The van der Waals surface area contributed by atoms with Gasteiger partial charge in [-0.25, -0.2) is 14.8 Å². The Balaban J connectivity index is 1.84. The van der Waals surface area contributed by atoms with Crippen molar-refractivity contribution in [2.24, 2.45) is 0 Å². The highest BCUT2D eigenvalue weighted by Gasteiger charge is 2.21. The van der Waals surface area contributed by atoms with Crippen molar-refractivity contribution in [2.45, 2.75) is 25.7 Å². The van der Waals surface area contributed by atoms with Gasteiger partial charge in [0.2, 0.25) is 0 Å². The summed E-state index contributed by atoms with van der Waals surface area (Å²) in [6.45, 7) is 0. The van der Waals surface area contributed by atoms with Gasteiger partial charge in [-0.15, -0.1) is 11.3 Å². The maximum atomic E-state index is 11.5. The van der Waals surface area contributed by atoms with Crippen LogP contribution in [-0.2, 0) is 12.8 Å². The number of thiophene rings is 1. The molecule has 2 N–H and O–H groups in total. The zero-order valence-electron chi connectivity index (χ0n) is 12.7. The summed E-state index contributed by atoms with van der Waals surface area (Å²) in [5.41, 5.74) is 2.06. The van der Waals surface area contributed by atoms with E-state index in [1.165, 1.54) is 29.6 Å². The van der Waals surface area contributed by atoms with Crippen LogP contribution in [0.15, 0.2) is 29.0 Å². The molecule has 3 aromatic rings. The van der Waals surface area contributed by atoms with Crippen molar-refractivity contribution in [1.29, 1.82) is 0 Å². The SMILES string of the molecule is O=C(O)c1cc(Br)ccc1Nc1ncnc2sc3c(c12)CCCC3. The molecule has 0 fully saturated rings. The Morgan fingerprint density at radius 1 is 1.25 bits per heavy atom. The molecule has 122 valence electrons. The third-order valence-electron chi connectivity index (χ3n) is 4.22.